The Kier molecular flexibility index (Phi) is 5.77. The molecule has 1 saturated carbocycles. The third kappa shape index (κ3) is 3.95. The van der Waals surface area contributed by atoms with Crippen molar-refractivity contribution in [2.24, 2.45) is 5.92 Å². The average Bonchev–Trinajstić information content (AvgIpc) is 2.71. The van der Waals surface area contributed by atoms with E-state index in [2.05, 4.69) is 36.6 Å². The molecule has 1 aliphatic carbocycles. The van der Waals surface area contributed by atoms with Crippen molar-refractivity contribution in [2.75, 3.05) is 5.33 Å². The molecule has 1 heterocycles. The van der Waals surface area contributed by atoms with Crippen molar-refractivity contribution in [1.29, 1.82) is 0 Å². The van der Waals surface area contributed by atoms with Crippen LogP contribution in [-0.2, 0) is 10.0 Å². The van der Waals surface area contributed by atoms with Crippen LogP contribution in [0.3, 0.4) is 0 Å². The van der Waals surface area contributed by atoms with Crippen molar-refractivity contribution in [3.63, 3.8) is 0 Å². The number of alkyl halides is 1. The molecule has 0 aromatic carbocycles. The molecule has 0 aliphatic heterocycles. The van der Waals surface area contributed by atoms with Crippen LogP contribution in [0.1, 0.15) is 25.7 Å². The molecule has 1 aliphatic rings. The van der Waals surface area contributed by atoms with Gasteiger partial charge < -0.3 is 0 Å². The number of halogens is 3. The summed E-state index contributed by atoms with van der Waals surface area (Å²) in [4.78, 5) is 0. The van der Waals surface area contributed by atoms with E-state index in [1.807, 2.05) is 0 Å². The molecule has 0 spiro atoms. The lowest BCUT2D eigenvalue weighted by Gasteiger charge is -2.30. The van der Waals surface area contributed by atoms with E-state index in [1.54, 1.807) is 0 Å². The molecule has 3 nitrogen and oxygen atoms in total. The van der Waals surface area contributed by atoms with Gasteiger partial charge in [0.15, 0.2) is 0 Å². The molecule has 2 atom stereocenters. The van der Waals surface area contributed by atoms with Crippen molar-refractivity contribution < 1.29 is 8.42 Å². The smallest absolute Gasteiger partial charge is 0.207 e. The summed E-state index contributed by atoms with van der Waals surface area (Å²) in [5.41, 5.74) is 0. The minimum absolute atomic E-state index is 0.0118. The zero-order chi connectivity index (χ0) is 14.0. The molecule has 2 unspecified atom stereocenters. The van der Waals surface area contributed by atoms with Crippen LogP contribution in [0, 0.1) is 5.92 Å². The minimum Gasteiger partial charge on any atom is -0.207 e. The van der Waals surface area contributed by atoms with Crippen LogP contribution in [0.4, 0.5) is 0 Å². The number of hydrogen-bond donors (Lipinski definition) is 1. The SMILES string of the molecule is O=S(=O)(NC1CCCCC1CBr)c1cc(Cl)c(Br)s1. The Balaban J connectivity index is 2.16. The first-order chi connectivity index (χ1) is 8.94. The fraction of sp³-hybridized carbons (Fsp3) is 0.636. The third-order valence-corrected chi connectivity index (χ3v) is 8.57. The van der Waals surface area contributed by atoms with Gasteiger partial charge in [-0.05, 0) is 40.8 Å². The maximum atomic E-state index is 12.3. The monoisotopic (exact) mass is 449 g/mol. The average molecular weight is 452 g/mol. The van der Waals surface area contributed by atoms with Crippen LogP contribution in [0.5, 0.6) is 0 Å². The second-order valence-electron chi connectivity index (χ2n) is 4.61. The van der Waals surface area contributed by atoms with Crippen LogP contribution in [0.25, 0.3) is 0 Å². The van der Waals surface area contributed by atoms with Crippen LogP contribution in [-0.4, -0.2) is 19.8 Å². The van der Waals surface area contributed by atoms with Gasteiger partial charge in [-0.15, -0.1) is 11.3 Å². The Bertz CT molecular complexity index is 527. The standard InChI is InChI=1S/C11H14Br2ClNO2S2/c12-6-7-3-1-2-4-9(7)15-19(16,17)10-5-8(14)11(13)18-10/h5,7,9,15H,1-4,6H2. The van der Waals surface area contributed by atoms with Crippen molar-refractivity contribution >= 4 is 64.8 Å². The zero-order valence-corrected chi connectivity index (χ0v) is 15.6. The quantitative estimate of drug-likeness (QED) is 0.690. The number of thiophene rings is 1. The topological polar surface area (TPSA) is 46.2 Å². The highest BCUT2D eigenvalue weighted by Gasteiger charge is 2.29. The summed E-state index contributed by atoms with van der Waals surface area (Å²) in [6.45, 7) is 0. The number of rotatable bonds is 4. The van der Waals surface area contributed by atoms with Gasteiger partial charge >= 0.3 is 0 Å². The predicted octanol–water partition coefficient (Wildman–Crippen LogP) is 4.40. The maximum Gasteiger partial charge on any atom is 0.250 e. The second kappa shape index (κ2) is 6.75. The Morgan fingerprint density at radius 2 is 2.11 bits per heavy atom. The molecule has 0 amide bonds. The van der Waals surface area contributed by atoms with E-state index in [9.17, 15) is 8.42 Å². The van der Waals surface area contributed by atoms with Gasteiger partial charge in [0.1, 0.15) is 4.21 Å². The van der Waals surface area contributed by atoms with E-state index in [4.69, 9.17) is 11.6 Å². The summed E-state index contributed by atoms with van der Waals surface area (Å²) in [7, 11) is -3.47. The Hall–Kier alpha value is 0.860. The molecule has 1 aromatic rings. The van der Waals surface area contributed by atoms with E-state index in [0.717, 1.165) is 35.9 Å². The number of hydrogen-bond acceptors (Lipinski definition) is 3. The number of nitrogens with one attached hydrogen (secondary N) is 1. The molecule has 108 valence electrons. The molecule has 1 N–H and O–H groups in total. The van der Waals surface area contributed by atoms with Gasteiger partial charge in [-0.25, -0.2) is 13.1 Å². The first kappa shape index (κ1) is 16.2. The van der Waals surface area contributed by atoms with E-state index < -0.39 is 10.0 Å². The van der Waals surface area contributed by atoms with Crippen molar-refractivity contribution in [2.45, 2.75) is 35.9 Å². The summed E-state index contributed by atoms with van der Waals surface area (Å²) >= 11 is 13.8. The van der Waals surface area contributed by atoms with E-state index in [0.29, 0.717) is 14.7 Å². The van der Waals surface area contributed by atoms with Gasteiger partial charge in [0.25, 0.3) is 0 Å². The van der Waals surface area contributed by atoms with Crippen LogP contribution >= 0.6 is 54.8 Å². The Morgan fingerprint density at radius 1 is 1.42 bits per heavy atom. The normalized spacial score (nSPS) is 24.6. The summed E-state index contributed by atoms with van der Waals surface area (Å²) in [6, 6.07) is 1.50. The molecule has 0 radical (unpaired) electrons. The number of sulfonamides is 1. The van der Waals surface area contributed by atoms with Crippen molar-refractivity contribution in [3.8, 4) is 0 Å². The van der Waals surface area contributed by atoms with Crippen molar-refractivity contribution in [1.82, 2.24) is 4.72 Å². The molecule has 8 heteroatoms. The highest BCUT2D eigenvalue weighted by atomic mass is 79.9. The molecule has 0 bridgehead atoms. The summed E-state index contributed by atoms with van der Waals surface area (Å²) in [6.07, 6.45) is 4.21. The van der Waals surface area contributed by atoms with Gasteiger partial charge in [-0.1, -0.05) is 40.4 Å². The molecular formula is C11H14Br2ClNO2S2. The fourth-order valence-electron chi connectivity index (χ4n) is 2.26. The van der Waals surface area contributed by atoms with Gasteiger partial charge in [0, 0.05) is 11.4 Å². The first-order valence-electron chi connectivity index (χ1n) is 5.97. The molecule has 2 rings (SSSR count). The van der Waals surface area contributed by atoms with Crippen LogP contribution in [0.15, 0.2) is 14.1 Å². The van der Waals surface area contributed by atoms with Gasteiger partial charge in [0.2, 0.25) is 10.0 Å². The lowest BCUT2D eigenvalue weighted by atomic mass is 9.87. The summed E-state index contributed by atoms with van der Waals surface area (Å²) in [5.74, 6) is 0.363. The predicted molar refractivity (Wildman–Crippen MR) is 86.9 cm³/mol. The molecule has 1 aromatic heterocycles. The first-order valence-corrected chi connectivity index (χ1v) is 10.6. The largest absolute Gasteiger partial charge is 0.250 e. The van der Waals surface area contributed by atoms with Gasteiger partial charge in [-0.3, -0.25) is 0 Å². The lowest BCUT2D eigenvalue weighted by Crippen LogP contribution is -2.42. The fourth-order valence-corrected chi connectivity index (χ4v) is 6.79. The highest BCUT2D eigenvalue weighted by Crippen LogP contribution is 2.35. The van der Waals surface area contributed by atoms with Crippen LogP contribution < -0.4 is 4.72 Å². The lowest BCUT2D eigenvalue weighted by molar-refractivity contribution is 0.317. The van der Waals surface area contributed by atoms with E-state index in [1.165, 1.54) is 12.5 Å². The summed E-state index contributed by atoms with van der Waals surface area (Å²) in [5, 5.41) is 1.26. The molecule has 1 fully saturated rings. The highest BCUT2D eigenvalue weighted by molar-refractivity contribution is 9.11. The third-order valence-electron chi connectivity index (χ3n) is 3.30. The molecular weight excluding hydrogens is 438 g/mol. The molecule has 19 heavy (non-hydrogen) atoms. The molecule has 0 saturated heterocycles. The van der Waals surface area contributed by atoms with Gasteiger partial charge in [-0.2, -0.15) is 0 Å². The Morgan fingerprint density at radius 3 is 2.68 bits per heavy atom. The maximum absolute atomic E-state index is 12.3. The second-order valence-corrected chi connectivity index (χ2v) is 9.98. The van der Waals surface area contributed by atoms with E-state index in [-0.39, 0.29) is 10.3 Å². The zero-order valence-electron chi connectivity index (χ0n) is 10.0. The van der Waals surface area contributed by atoms with E-state index >= 15 is 0 Å². The Labute approximate surface area is 139 Å². The van der Waals surface area contributed by atoms with Crippen molar-refractivity contribution in [3.05, 3.63) is 14.9 Å². The van der Waals surface area contributed by atoms with Crippen LogP contribution in [0.2, 0.25) is 5.02 Å². The summed E-state index contributed by atoms with van der Waals surface area (Å²) < 4.78 is 28.4. The minimum atomic E-state index is -3.47. The van der Waals surface area contributed by atoms with Gasteiger partial charge in [0.05, 0.1) is 8.81 Å².